The van der Waals surface area contributed by atoms with Gasteiger partial charge in [-0.05, 0) is 48.7 Å². The van der Waals surface area contributed by atoms with Crippen molar-refractivity contribution in [3.8, 4) is 5.75 Å². The van der Waals surface area contributed by atoms with E-state index in [-0.39, 0.29) is 11.9 Å². The maximum absolute atomic E-state index is 12.0. The van der Waals surface area contributed by atoms with Gasteiger partial charge in [-0.25, -0.2) is 0 Å². The van der Waals surface area contributed by atoms with Crippen LogP contribution in [0.4, 0.5) is 0 Å². The number of hydrogen-bond donors (Lipinski definition) is 1. The molecule has 0 aliphatic carbocycles. The summed E-state index contributed by atoms with van der Waals surface area (Å²) >= 11 is 0. The average Bonchev–Trinajstić information content (AvgIpc) is 2.54. The lowest BCUT2D eigenvalue weighted by Gasteiger charge is -2.14. The molecule has 0 saturated carbocycles. The van der Waals surface area contributed by atoms with Gasteiger partial charge in [0, 0.05) is 18.8 Å². The Bertz CT molecular complexity index is 567. The molecule has 1 atom stereocenters. The number of pyridine rings is 1. The molecular formula is C17H20N2O2. The number of nitrogens with zero attached hydrogens (tertiary/aromatic N) is 1. The lowest BCUT2D eigenvalue weighted by atomic mass is 10.1. The third-order valence-electron chi connectivity index (χ3n) is 3.38. The molecule has 1 unspecified atom stereocenters. The predicted octanol–water partition coefficient (Wildman–Crippen LogP) is 2.90. The van der Waals surface area contributed by atoms with Crippen LogP contribution < -0.4 is 10.1 Å². The Morgan fingerprint density at radius 1 is 1.19 bits per heavy atom. The van der Waals surface area contributed by atoms with E-state index < -0.39 is 0 Å². The van der Waals surface area contributed by atoms with Gasteiger partial charge < -0.3 is 10.1 Å². The minimum atomic E-state index is -0.00336. The molecule has 0 saturated heterocycles. The number of aromatic nitrogens is 1. The fourth-order valence-corrected chi connectivity index (χ4v) is 2.10. The molecule has 4 heteroatoms. The van der Waals surface area contributed by atoms with Crippen molar-refractivity contribution in [2.24, 2.45) is 0 Å². The van der Waals surface area contributed by atoms with Crippen LogP contribution in [0.2, 0.25) is 0 Å². The van der Waals surface area contributed by atoms with E-state index in [0.717, 1.165) is 23.3 Å². The van der Waals surface area contributed by atoms with E-state index in [1.165, 1.54) is 0 Å². The number of ether oxygens (including phenoxy) is 1. The summed E-state index contributed by atoms with van der Waals surface area (Å²) in [4.78, 5) is 15.9. The number of aryl methyl sites for hydroxylation is 1. The van der Waals surface area contributed by atoms with Gasteiger partial charge in [0.15, 0.2) is 0 Å². The highest BCUT2D eigenvalue weighted by molar-refractivity contribution is 5.76. The molecule has 0 spiro atoms. The number of hydrogen-bond acceptors (Lipinski definition) is 3. The van der Waals surface area contributed by atoms with E-state index in [2.05, 4.69) is 10.3 Å². The summed E-state index contributed by atoms with van der Waals surface area (Å²) in [5.74, 6) is 0.879. The van der Waals surface area contributed by atoms with Gasteiger partial charge in [-0.15, -0.1) is 0 Å². The van der Waals surface area contributed by atoms with E-state index in [0.29, 0.717) is 6.42 Å². The topological polar surface area (TPSA) is 51.2 Å². The van der Waals surface area contributed by atoms with Crippen molar-refractivity contribution in [2.75, 3.05) is 7.11 Å². The molecule has 0 aliphatic heterocycles. The molecular weight excluding hydrogens is 264 g/mol. The number of nitrogens with one attached hydrogen (secondary N) is 1. The normalized spacial score (nSPS) is 11.7. The first-order valence-corrected chi connectivity index (χ1v) is 7.01. The van der Waals surface area contributed by atoms with Gasteiger partial charge in [0.2, 0.25) is 5.91 Å². The van der Waals surface area contributed by atoms with Gasteiger partial charge >= 0.3 is 0 Å². The van der Waals surface area contributed by atoms with Gasteiger partial charge in [0.25, 0.3) is 0 Å². The molecule has 21 heavy (non-hydrogen) atoms. The second kappa shape index (κ2) is 7.43. The van der Waals surface area contributed by atoms with E-state index in [9.17, 15) is 4.79 Å². The third-order valence-corrected chi connectivity index (χ3v) is 3.38. The molecule has 0 aliphatic rings. The zero-order chi connectivity index (χ0) is 15.1. The van der Waals surface area contributed by atoms with Gasteiger partial charge in [0.1, 0.15) is 5.75 Å². The first kappa shape index (κ1) is 15.0. The fraction of sp³-hybridized carbons (Fsp3) is 0.294. The summed E-state index contributed by atoms with van der Waals surface area (Å²) in [6, 6.07) is 11.6. The molecule has 0 fully saturated rings. The van der Waals surface area contributed by atoms with Crippen LogP contribution >= 0.6 is 0 Å². The van der Waals surface area contributed by atoms with Crippen molar-refractivity contribution in [1.29, 1.82) is 0 Å². The highest BCUT2D eigenvalue weighted by atomic mass is 16.5. The van der Waals surface area contributed by atoms with Crippen LogP contribution in [-0.2, 0) is 11.2 Å². The summed E-state index contributed by atoms with van der Waals surface area (Å²) in [7, 11) is 1.64. The Hall–Kier alpha value is -2.36. The second-order valence-corrected chi connectivity index (χ2v) is 4.92. The Labute approximate surface area is 125 Å². The quantitative estimate of drug-likeness (QED) is 0.887. The number of benzene rings is 1. The fourth-order valence-electron chi connectivity index (χ4n) is 2.10. The summed E-state index contributed by atoms with van der Waals surface area (Å²) in [5.41, 5.74) is 2.19. The molecule has 0 radical (unpaired) electrons. The number of amides is 1. The first-order valence-electron chi connectivity index (χ1n) is 7.01. The van der Waals surface area contributed by atoms with Gasteiger partial charge in [-0.3, -0.25) is 9.78 Å². The number of carbonyl (C=O) groups is 1. The van der Waals surface area contributed by atoms with Crippen LogP contribution in [0.25, 0.3) is 0 Å². The monoisotopic (exact) mass is 284 g/mol. The standard InChI is InChI=1S/C17H20N2O2/c1-13(15-9-11-18-12-10-15)19-17(20)8-5-14-3-6-16(21-2)7-4-14/h3-4,6-7,9-13H,5,8H2,1-2H3,(H,19,20). The Morgan fingerprint density at radius 2 is 1.86 bits per heavy atom. The highest BCUT2D eigenvalue weighted by Gasteiger charge is 2.09. The van der Waals surface area contributed by atoms with E-state index >= 15 is 0 Å². The smallest absolute Gasteiger partial charge is 0.220 e. The minimum absolute atomic E-state index is 0.00336. The van der Waals surface area contributed by atoms with Crippen LogP contribution in [0.5, 0.6) is 5.75 Å². The second-order valence-electron chi connectivity index (χ2n) is 4.92. The summed E-state index contributed by atoms with van der Waals surface area (Å²) in [6.45, 7) is 1.97. The molecule has 1 aromatic heterocycles. The number of rotatable bonds is 6. The average molecular weight is 284 g/mol. The van der Waals surface area contributed by atoms with E-state index in [4.69, 9.17) is 4.74 Å². The van der Waals surface area contributed by atoms with Crippen LogP contribution in [0.15, 0.2) is 48.8 Å². The zero-order valence-electron chi connectivity index (χ0n) is 12.4. The van der Waals surface area contributed by atoms with Crippen LogP contribution in [0.3, 0.4) is 0 Å². The van der Waals surface area contributed by atoms with Crippen molar-refractivity contribution in [2.45, 2.75) is 25.8 Å². The number of methoxy groups -OCH3 is 1. The molecule has 110 valence electrons. The summed E-state index contributed by atoms with van der Waals surface area (Å²) < 4.78 is 5.11. The predicted molar refractivity (Wildman–Crippen MR) is 82.1 cm³/mol. The lowest BCUT2D eigenvalue weighted by Crippen LogP contribution is -2.26. The van der Waals surface area contributed by atoms with Crippen molar-refractivity contribution >= 4 is 5.91 Å². The van der Waals surface area contributed by atoms with Crippen LogP contribution in [0.1, 0.15) is 30.5 Å². The molecule has 2 aromatic rings. The van der Waals surface area contributed by atoms with Crippen LogP contribution in [0, 0.1) is 0 Å². The highest BCUT2D eigenvalue weighted by Crippen LogP contribution is 2.13. The maximum atomic E-state index is 12.0. The molecule has 0 bridgehead atoms. The van der Waals surface area contributed by atoms with Gasteiger partial charge in [-0.1, -0.05) is 12.1 Å². The molecule has 1 heterocycles. The Balaban J connectivity index is 1.81. The molecule has 1 aromatic carbocycles. The van der Waals surface area contributed by atoms with Gasteiger partial charge in [0.05, 0.1) is 13.2 Å². The Kier molecular flexibility index (Phi) is 5.32. The van der Waals surface area contributed by atoms with Gasteiger partial charge in [-0.2, -0.15) is 0 Å². The lowest BCUT2D eigenvalue weighted by molar-refractivity contribution is -0.121. The van der Waals surface area contributed by atoms with E-state index in [1.807, 2.05) is 43.3 Å². The van der Waals surface area contributed by atoms with E-state index in [1.54, 1.807) is 19.5 Å². The van der Waals surface area contributed by atoms with Crippen molar-refractivity contribution in [3.63, 3.8) is 0 Å². The maximum Gasteiger partial charge on any atom is 0.220 e. The molecule has 2 rings (SSSR count). The zero-order valence-corrected chi connectivity index (χ0v) is 12.4. The molecule has 1 amide bonds. The number of carbonyl (C=O) groups excluding carboxylic acids is 1. The molecule has 4 nitrogen and oxygen atoms in total. The Morgan fingerprint density at radius 3 is 2.48 bits per heavy atom. The summed E-state index contributed by atoms with van der Waals surface area (Å²) in [5, 5.41) is 3.00. The van der Waals surface area contributed by atoms with Crippen LogP contribution in [-0.4, -0.2) is 18.0 Å². The third kappa shape index (κ3) is 4.60. The van der Waals surface area contributed by atoms with Crippen molar-refractivity contribution < 1.29 is 9.53 Å². The minimum Gasteiger partial charge on any atom is -0.497 e. The SMILES string of the molecule is COc1ccc(CCC(=O)NC(C)c2ccncc2)cc1. The molecule has 1 N–H and O–H groups in total. The largest absolute Gasteiger partial charge is 0.497 e. The first-order chi connectivity index (χ1) is 10.2. The van der Waals surface area contributed by atoms with Crippen molar-refractivity contribution in [1.82, 2.24) is 10.3 Å². The van der Waals surface area contributed by atoms with Crippen molar-refractivity contribution in [3.05, 3.63) is 59.9 Å². The summed E-state index contributed by atoms with van der Waals surface area (Å²) in [6.07, 6.45) is 4.66.